The molecule has 5 heteroatoms. The Hall–Kier alpha value is -1.62. The largest absolute Gasteiger partial charge is 0.366 e. The maximum Gasteiger partial charge on any atom is 0.211 e. The molecule has 3 rings (SSSR count). The topological polar surface area (TPSA) is 35.6 Å². The summed E-state index contributed by atoms with van der Waals surface area (Å²) in [6, 6.07) is 4.87. The van der Waals surface area contributed by atoms with E-state index in [1.165, 1.54) is 18.9 Å². The summed E-state index contributed by atoms with van der Waals surface area (Å²) in [5.41, 5.74) is 1.40. The molecule has 0 aromatic heterocycles. The molecule has 1 saturated heterocycles. The number of carbonyl (C=O) groups is 1. The molecular weight excluding hydrogens is 245 g/mol. The van der Waals surface area contributed by atoms with Crippen LogP contribution in [0.5, 0.6) is 0 Å². The summed E-state index contributed by atoms with van der Waals surface area (Å²) in [6.45, 7) is 2.70. The highest BCUT2D eigenvalue weighted by atomic mass is 19.1. The summed E-state index contributed by atoms with van der Waals surface area (Å²) in [4.78, 5) is 14.9. The van der Waals surface area contributed by atoms with E-state index >= 15 is 0 Å². The van der Waals surface area contributed by atoms with E-state index in [0.29, 0.717) is 17.8 Å². The van der Waals surface area contributed by atoms with Gasteiger partial charge in [0.1, 0.15) is 5.82 Å². The van der Waals surface area contributed by atoms with E-state index in [1.54, 1.807) is 12.1 Å². The van der Waals surface area contributed by atoms with Gasteiger partial charge in [-0.25, -0.2) is 4.39 Å². The van der Waals surface area contributed by atoms with Gasteiger partial charge in [0.2, 0.25) is 6.41 Å². The Morgan fingerprint density at radius 1 is 1.37 bits per heavy atom. The average Bonchev–Trinajstić information content (AvgIpc) is 3.15. The summed E-state index contributed by atoms with van der Waals surface area (Å²) < 4.78 is 14.1. The second-order valence-electron chi connectivity index (χ2n) is 5.50. The Bertz CT molecular complexity index is 501. The minimum Gasteiger partial charge on any atom is -0.366 e. The second-order valence-corrected chi connectivity index (χ2v) is 5.50. The van der Waals surface area contributed by atoms with Crippen molar-refractivity contribution in [2.24, 2.45) is 0 Å². The van der Waals surface area contributed by atoms with Gasteiger partial charge in [-0.1, -0.05) is 0 Å². The van der Waals surface area contributed by atoms with Crippen LogP contribution in [0.1, 0.15) is 12.8 Å². The average molecular weight is 263 g/mol. The number of likely N-dealkylation sites (N-methyl/N-ethyl adjacent to an activating group) is 1. The fourth-order valence-corrected chi connectivity index (χ4v) is 2.87. The third-order valence-corrected chi connectivity index (χ3v) is 4.34. The minimum absolute atomic E-state index is 0.268. The van der Waals surface area contributed by atoms with E-state index in [1.807, 2.05) is 0 Å². The van der Waals surface area contributed by atoms with Crippen LogP contribution in [0.15, 0.2) is 18.2 Å². The van der Waals surface area contributed by atoms with E-state index in [9.17, 15) is 9.18 Å². The third kappa shape index (κ3) is 2.18. The predicted octanol–water partition coefficient (Wildman–Crippen LogP) is 1.68. The number of nitrogens with one attached hydrogen (secondary N) is 1. The van der Waals surface area contributed by atoms with E-state index in [-0.39, 0.29) is 11.4 Å². The standard InChI is InChI=1S/C14H18FN3O/c1-17-6-7-18(9-14(17)4-5-14)13-3-2-11(16-10-19)8-12(13)15/h2-3,8,10H,4-7,9H2,1H3,(H,16,19). The van der Waals surface area contributed by atoms with Crippen LogP contribution in [-0.4, -0.2) is 43.5 Å². The lowest BCUT2D eigenvalue weighted by Gasteiger charge is -2.41. The minimum atomic E-state index is -0.271. The first kappa shape index (κ1) is 12.4. The predicted molar refractivity (Wildman–Crippen MR) is 72.9 cm³/mol. The van der Waals surface area contributed by atoms with Crippen molar-refractivity contribution in [2.75, 3.05) is 36.9 Å². The van der Waals surface area contributed by atoms with Crippen LogP contribution >= 0.6 is 0 Å². The molecule has 0 radical (unpaired) electrons. The zero-order valence-corrected chi connectivity index (χ0v) is 11.0. The molecule has 2 aliphatic rings. The number of piperazine rings is 1. The van der Waals surface area contributed by atoms with E-state index in [4.69, 9.17) is 0 Å². The molecular formula is C14H18FN3O. The molecule has 0 bridgehead atoms. The Kier molecular flexibility index (Phi) is 2.93. The molecule has 1 spiro atoms. The van der Waals surface area contributed by atoms with Gasteiger partial charge in [0, 0.05) is 30.9 Å². The monoisotopic (exact) mass is 263 g/mol. The van der Waals surface area contributed by atoms with Crippen molar-refractivity contribution in [3.63, 3.8) is 0 Å². The highest BCUT2D eigenvalue weighted by Crippen LogP contribution is 2.44. The normalized spacial score (nSPS) is 21.5. The molecule has 102 valence electrons. The van der Waals surface area contributed by atoms with Crippen LogP contribution in [0.3, 0.4) is 0 Å². The van der Waals surface area contributed by atoms with Crippen molar-refractivity contribution in [3.8, 4) is 0 Å². The third-order valence-electron chi connectivity index (χ3n) is 4.34. The molecule has 2 fully saturated rings. The highest BCUT2D eigenvalue weighted by molar-refractivity contribution is 5.72. The smallest absolute Gasteiger partial charge is 0.211 e. The van der Waals surface area contributed by atoms with Crippen molar-refractivity contribution in [1.29, 1.82) is 0 Å². The van der Waals surface area contributed by atoms with Crippen LogP contribution < -0.4 is 10.2 Å². The summed E-state index contributed by atoms with van der Waals surface area (Å²) in [5.74, 6) is -0.271. The van der Waals surface area contributed by atoms with Crippen molar-refractivity contribution < 1.29 is 9.18 Å². The van der Waals surface area contributed by atoms with Gasteiger partial charge in [0.15, 0.2) is 0 Å². The number of amides is 1. The van der Waals surface area contributed by atoms with Crippen molar-refractivity contribution in [1.82, 2.24) is 4.90 Å². The molecule has 1 amide bonds. The molecule has 0 atom stereocenters. The maximum atomic E-state index is 14.1. The maximum absolute atomic E-state index is 14.1. The number of benzene rings is 1. The fourth-order valence-electron chi connectivity index (χ4n) is 2.87. The van der Waals surface area contributed by atoms with Crippen LogP contribution in [-0.2, 0) is 4.79 Å². The first-order valence-corrected chi connectivity index (χ1v) is 6.61. The zero-order valence-electron chi connectivity index (χ0n) is 11.0. The number of halogens is 1. The van der Waals surface area contributed by atoms with Crippen molar-refractivity contribution in [2.45, 2.75) is 18.4 Å². The molecule has 1 aromatic rings. The second kappa shape index (κ2) is 4.49. The number of rotatable bonds is 3. The number of hydrogen-bond acceptors (Lipinski definition) is 3. The first-order valence-electron chi connectivity index (χ1n) is 6.61. The highest BCUT2D eigenvalue weighted by Gasteiger charge is 2.49. The lowest BCUT2D eigenvalue weighted by molar-refractivity contribution is -0.105. The molecule has 1 heterocycles. The van der Waals surface area contributed by atoms with Gasteiger partial charge in [0.25, 0.3) is 0 Å². The van der Waals surface area contributed by atoms with Crippen LogP contribution in [0.2, 0.25) is 0 Å². The Morgan fingerprint density at radius 2 is 2.16 bits per heavy atom. The summed E-state index contributed by atoms with van der Waals surface area (Å²) >= 11 is 0. The molecule has 4 nitrogen and oxygen atoms in total. The number of nitrogens with zero attached hydrogens (tertiary/aromatic N) is 2. The van der Waals surface area contributed by atoms with E-state index in [0.717, 1.165) is 19.6 Å². The number of carbonyl (C=O) groups excluding carboxylic acids is 1. The summed E-state index contributed by atoms with van der Waals surface area (Å²) in [5, 5.41) is 2.47. The Morgan fingerprint density at radius 3 is 2.79 bits per heavy atom. The number of anilines is 2. The van der Waals surface area contributed by atoms with E-state index < -0.39 is 0 Å². The van der Waals surface area contributed by atoms with Crippen LogP contribution in [0.25, 0.3) is 0 Å². The van der Waals surface area contributed by atoms with Gasteiger partial charge in [-0.05, 0) is 38.1 Å². The molecule has 1 aliphatic carbocycles. The van der Waals surface area contributed by atoms with Gasteiger partial charge < -0.3 is 10.2 Å². The van der Waals surface area contributed by atoms with Gasteiger partial charge in [0.05, 0.1) is 5.69 Å². The van der Waals surface area contributed by atoms with Crippen LogP contribution in [0.4, 0.5) is 15.8 Å². The van der Waals surface area contributed by atoms with Crippen molar-refractivity contribution in [3.05, 3.63) is 24.0 Å². The Balaban J connectivity index is 1.80. The van der Waals surface area contributed by atoms with Gasteiger partial charge in [-0.2, -0.15) is 0 Å². The summed E-state index contributed by atoms with van der Waals surface area (Å²) in [7, 11) is 2.15. The SMILES string of the molecule is CN1CCN(c2ccc(NC=O)cc2F)CC12CC2. The molecule has 1 saturated carbocycles. The molecule has 0 unspecified atom stereocenters. The molecule has 1 aliphatic heterocycles. The molecule has 1 aromatic carbocycles. The van der Waals surface area contributed by atoms with Gasteiger partial charge in [-0.15, -0.1) is 0 Å². The zero-order chi connectivity index (χ0) is 13.5. The Labute approximate surface area is 112 Å². The van der Waals surface area contributed by atoms with E-state index in [2.05, 4.69) is 22.2 Å². The lowest BCUT2D eigenvalue weighted by Crippen LogP contribution is -2.53. The van der Waals surface area contributed by atoms with Gasteiger partial charge >= 0.3 is 0 Å². The van der Waals surface area contributed by atoms with Crippen LogP contribution in [0, 0.1) is 5.82 Å². The fraction of sp³-hybridized carbons (Fsp3) is 0.500. The van der Waals surface area contributed by atoms with Crippen molar-refractivity contribution >= 4 is 17.8 Å². The first-order chi connectivity index (χ1) is 9.14. The summed E-state index contributed by atoms with van der Waals surface area (Å²) in [6.07, 6.45) is 2.96. The quantitative estimate of drug-likeness (QED) is 0.843. The number of hydrogen-bond donors (Lipinski definition) is 1. The molecule has 19 heavy (non-hydrogen) atoms. The van der Waals surface area contributed by atoms with Gasteiger partial charge in [-0.3, -0.25) is 9.69 Å². The molecule has 1 N–H and O–H groups in total. The lowest BCUT2D eigenvalue weighted by atomic mass is 10.1.